The van der Waals surface area contributed by atoms with Crippen molar-refractivity contribution in [1.82, 2.24) is 0 Å². The number of aryl methyl sites for hydroxylation is 1. The zero-order chi connectivity index (χ0) is 20.8. The quantitative estimate of drug-likeness (QED) is 0.661. The van der Waals surface area contributed by atoms with Crippen LogP contribution < -0.4 is 16.2 Å². The molecule has 0 bridgehead atoms. The number of ether oxygens (including phenoxy) is 2. The highest BCUT2D eigenvalue weighted by Crippen LogP contribution is 2.45. The monoisotopic (exact) mass is 398 g/mol. The van der Waals surface area contributed by atoms with E-state index in [-0.39, 0.29) is 31.1 Å². The lowest BCUT2D eigenvalue weighted by atomic mass is 9.75. The van der Waals surface area contributed by atoms with Gasteiger partial charge in [-0.15, -0.1) is 0 Å². The number of hydrogen-bond acceptors (Lipinski definition) is 5. The number of furan rings is 1. The SMILES string of the molecule is Cc1oc2ccc(OCc3ccccc3F)c(C3(C(N)=O)COC3)c2c1C(N)=O. The van der Waals surface area contributed by atoms with Crippen molar-refractivity contribution in [3.8, 4) is 5.75 Å². The Labute approximate surface area is 165 Å². The largest absolute Gasteiger partial charge is 0.488 e. The normalized spacial score (nSPS) is 15.1. The van der Waals surface area contributed by atoms with Crippen LogP contribution in [0.2, 0.25) is 0 Å². The molecule has 1 fully saturated rings. The van der Waals surface area contributed by atoms with Crippen LogP contribution in [0.5, 0.6) is 5.75 Å². The van der Waals surface area contributed by atoms with Gasteiger partial charge >= 0.3 is 0 Å². The maximum atomic E-state index is 14.0. The molecule has 1 aliphatic heterocycles. The number of fused-ring (bicyclic) bond motifs is 1. The summed E-state index contributed by atoms with van der Waals surface area (Å²) in [7, 11) is 0. The van der Waals surface area contributed by atoms with E-state index in [1.54, 1.807) is 37.3 Å². The zero-order valence-corrected chi connectivity index (χ0v) is 15.7. The lowest BCUT2D eigenvalue weighted by molar-refractivity contribution is -0.141. The molecule has 0 spiro atoms. The molecule has 29 heavy (non-hydrogen) atoms. The highest BCUT2D eigenvalue weighted by atomic mass is 19.1. The van der Waals surface area contributed by atoms with Gasteiger partial charge < -0.3 is 25.4 Å². The fourth-order valence-corrected chi connectivity index (χ4v) is 3.67. The van der Waals surface area contributed by atoms with Crippen LogP contribution >= 0.6 is 0 Å². The lowest BCUT2D eigenvalue weighted by Crippen LogP contribution is -2.56. The van der Waals surface area contributed by atoms with Gasteiger partial charge in [-0.05, 0) is 25.1 Å². The summed E-state index contributed by atoms with van der Waals surface area (Å²) in [6.45, 7) is 1.58. The van der Waals surface area contributed by atoms with Gasteiger partial charge in [-0.25, -0.2) is 4.39 Å². The molecular formula is C21H19FN2O5. The first-order chi connectivity index (χ1) is 13.8. The molecule has 8 heteroatoms. The van der Waals surface area contributed by atoms with E-state index < -0.39 is 23.0 Å². The molecule has 2 aromatic carbocycles. The molecule has 4 rings (SSSR count). The fraction of sp³-hybridized carbons (Fsp3) is 0.238. The summed E-state index contributed by atoms with van der Waals surface area (Å²) >= 11 is 0. The van der Waals surface area contributed by atoms with Crippen LogP contribution in [-0.2, 0) is 21.6 Å². The maximum Gasteiger partial charge on any atom is 0.252 e. The van der Waals surface area contributed by atoms with E-state index in [0.29, 0.717) is 27.9 Å². The smallest absolute Gasteiger partial charge is 0.252 e. The van der Waals surface area contributed by atoms with E-state index in [2.05, 4.69) is 0 Å². The van der Waals surface area contributed by atoms with Crippen LogP contribution in [0.4, 0.5) is 4.39 Å². The molecule has 0 atom stereocenters. The maximum absolute atomic E-state index is 14.0. The number of primary amides is 2. The number of carbonyl (C=O) groups excluding carboxylic acids is 2. The van der Waals surface area contributed by atoms with E-state index in [1.807, 2.05) is 0 Å². The minimum absolute atomic E-state index is 0.0277. The van der Waals surface area contributed by atoms with Crippen LogP contribution in [0, 0.1) is 12.7 Å². The van der Waals surface area contributed by atoms with Crippen LogP contribution in [0.25, 0.3) is 11.0 Å². The number of hydrogen-bond donors (Lipinski definition) is 2. The highest BCUT2D eigenvalue weighted by molar-refractivity contribution is 6.10. The number of halogens is 1. The van der Waals surface area contributed by atoms with Gasteiger partial charge in [0.05, 0.1) is 18.8 Å². The molecule has 1 saturated heterocycles. The molecular weight excluding hydrogens is 379 g/mol. The average Bonchev–Trinajstić information content (AvgIpc) is 2.97. The van der Waals surface area contributed by atoms with Crippen molar-refractivity contribution in [2.45, 2.75) is 18.9 Å². The Balaban J connectivity index is 1.91. The summed E-state index contributed by atoms with van der Waals surface area (Å²) < 4.78 is 30.9. The predicted octanol–water partition coefficient (Wildman–Crippen LogP) is 2.31. The zero-order valence-electron chi connectivity index (χ0n) is 15.7. The Hall–Kier alpha value is -3.39. The molecule has 4 N–H and O–H groups in total. The topological polar surface area (TPSA) is 118 Å². The Bertz CT molecular complexity index is 1130. The van der Waals surface area contributed by atoms with Crippen molar-refractivity contribution in [2.75, 3.05) is 13.2 Å². The standard InChI is InChI=1S/C21H19FN2O5/c1-11-16(19(23)25)17-14(29-11)6-7-15(18(17)21(20(24)26)9-27-10-21)28-8-12-4-2-3-5-13(12)22/h2-7H,8-10H2,1H3,(H2,23,25)(H2,24,26). The van der Waals surface area contributed by atoms with Crippen molar-refractivity contribution < 1.29 is 27.9 Å². The van der Waals surface area contributed by atoms with Gasteiger partial charge in [0, 0.05) is 16.5 Å². The van der Waals surface area contributed by atoms with Crippen LogP contribution in [-0.4, -0.2) is 25.0 Å². The molecule has 3 aromatic rings. The van der Waals surface area contributed by atoms with E-state index >= 15 is 0 Å². The first-order valence-corrected chi connectivity index (χ1v) is 8.95. The number of rotatable bonds is 6. The molecule has 0 radical (unpaired) electrons. The molecule has 2 amide bonds. The first kappa shape index (κ1) is 18.9. The van der Waals surface area contributed by atoms with Crippen LogP contribution in [0.3, 0.4) is 0 Å². The first-order valence-electron chi connectivity index (χ1n) is 8.95. The predicted molar refractivity (Wildman–Crippen MR) is 102 cm³/mol. The average molecular weight is 398 g/mol. The second-order valence-electron chi connectivity index (χ2n) is 7.03. The summed E-state index contributed by atoms with van der Waals surface area (Å²) in [5.74, 6) is -1.13. The molecule has 0 aliphatic carbocycles. The third-order valence-electron chi connectivity index (χ3n) is 5.23. The van der Waals surface area contributed by atoms with Gasteiger partial charge in [-0.2, -0.15) is 0 Å². The van der Waals surface area contributed by atoms with Gasteiger partial charge in [0.15, 0.2) is 0 Å². The number of benzene rings is 2. The molecule has 150 valence electrons. The van der Waals surface area contributed by atoms with Crippen molar-refractivity contribution in [2.24, 2.45) is 11.5 Å². The van der Waals surface area contributed by atoms with Crippen LogP contribution in [0.15, 0.2) is 40.8 Å². The summed E-state index contributed by atoms with van der Waals surface area (Å²) in [5.41, 5.74) is 11.3. The summed E-state index contributed by atoms with van der Waals surface area (Å²) in [6, 6.07) is 9.43. The summed E-state index contributed by atoms with van der Waals surface area (Å²) in [5, 5.41) is 0.364. The van der Waals surface area contributed by atoms with E-state index in [4.69, 9.17) is 25.4 Å². The van der Waals surface area contributed by atoms with Crippen molar-refractivity contribution in [3.05, 3.63) is 64.7 Å². The van der Waals surface area contributed by atoms with E-state index in [1.165, 1.54) is 6.07 Å². The molecule has 2 heterocycles. The third-order valence-corrected chi connectivity index (χ3v) is 5.23. The minimum atomic E-state index is -1.20. The second-order valence-corrected chi connectivity index (χ2v) is 7.03. The second kappa shape index (κ2) is 6.89. The molecule has 1 aliphatic rings. The molecule has 0 unspecified atom stereocenters. The summed E-state index contributed by atoms with van der Waals surface area (Å²) in [6.07, 6.45) is 0. The van der Waals surface area contributed by atoms with E-state index in [9.17, 15) is 14.0 Å². The Morgan fingerprint density at radius 2 is 1.90 bits per heavy atom. The highest BCUT2D eigenvalue weighted by Gasteiger charge is 2.50. The number of nitrogens with two attached hydrogens (primary N) is 2. The Morgan fingerprint density at radius 1 is 1.17 bits per heavy atom. The Morgan fingerprint density at radius 3 is 2.48 bits per heavy atom. The fourth-order valence-electron chi connectivity index (χ4n) is 3.67. The lowest BCUT2D eigenvalue weighted by Gasteiger charge is -2.40. The van der Waals surface area contributed by atoms with Gasteiger partial charge in [0.25, 0.3) is 5.91 Å². The van der Waals surface area contributed by atoms with Gasteiger partial charge in [0.2, 0.25) is 5.91 Å². The van der Waals surface area contributed by atoms with Crippen molar-refractivity contribution in [3.63, 3.8) is 0 Å². The van der Waals surface area contributed by atoms with Crippen LogP contribution in [0.1, 0.15) is 27.2 Å². The molecule has 0 saturated carbocycles. The third kappa shape index (κ3) is 2.92. The molecule has 1 aromatic heterocycles. The van der Waals surface area contributed by atoms with Gasteiger partial charge in [-0.3, -0.25) is 9.59 Å². The van der Waals surface area contributed by atoms with E-state index in [0.717, 1.165) is 0 Å². The number of amides is 2. The minimum Gasteiger partial charge on any atom is -0.488 e. The van der Waals surface area contributed by atoms with Crippen molar-refractivity contribution in [1.29, 1.82) is 0 Å². The number of carbonyl (C=O) groups is 2. The van der Waals surface area contributed by atoms with Gasteiger partial charge in [-0.1, -0.05) is 18.2 Å². The van der Waals surface area contributed by atoms with Gasteiger partial charge in [0.1, 0.15) is 34.9 Å². The Kier molecular flexibility index (Phi) is 4.50. The summed E-state index contributed by atoms with van der Waals surface area (Å²) in [4.78, 5) is 24.5. The molecule has 7 nitrogen and oxygen atoms in total. The van der Waals surface area contributed by atoms with Crippen molar-refractivity contribution >= 4 is 22.8 Å².